The number of hydrogen-bond acceptors (Lipinski definition) is 3. The lowest BCUT2D eigenvalue weighted by Gasteiger charge is -2.02. The Morgan fingerprint density at radius 2 is 2.25 bits per heavy atom. The predicted molar refractivity (Wildman–Crippen MR) is 46.8 cm³/mol. The maximum atomic E-state index is 10.3. The molecular weight excluding hydrogens is 156 g/mol. The minimum Gasteiger partial charge on any atom is -0.383 e. The van der Waals surface area contributed by atoms with Gasteiger partial charge in [0.05, 0.1) is 4.92 Å². The van der Waals surface area contributed by atoms with Crippen LogP contribution in [0, 0.1) is 24.1 Å². The number of nitrogens with one attached hydrogen (secondary N) is 1. The summed E-state index contributed by atoms with van der Waals surface area (Å²) in [4.78, 5) is 9.91. The van der Waals surface area contributed by atoms with Crippen molar-refractivity contribution in [1.29, 1.82) is 0 Å². The van der Waals surface area contributed by atoms with E-state index in [1.165, 1.54) is 12.1 Å². The maximum absolute atomic E-state index is 10.3. The van der Waals surface area contributed by atoms with Crippen molar-refractivity contribution in [3.8, 4) is 0 Å². The van der Waals surface area contributed by atoms with Gasteiger partial charge in [-0.15, -0.1) is 0 Å². The average molecular weight is 165 g/mol. The molecule has 0 amide bonds. The summed E-state index contributed by atoms with van der Waals surface area (Å²) >= 11 is 0. The van der Waals surface area contributed by atoms with Crippen molar-refractivity contribution in [2.24, 2.45) is 0 Å². The third kappa shape index (κ3) is 1.53. The van der Waals surface area contributed by atoms with Gasteiger partial charge in [0.2, 0.25) is 0 Å². The zero-order valence-corrected chi connectivity index (χ0v) is 6.70. The number of non-ortho nitro benzene ring substituents is 1. The molecule has 0 bridgehead atoms. The molecule has 63 valence electrons. The van der Waals surface area contributed by atoms with Gasteiger partial charge >= 0.3 is 0 Å². The molecular formula is C8H9N2O2. The second-order valence-corrected chi connectivity index (χ2v) is 2.43. The van der Waals surface area contributed by atoms with E-state index in [-0.39, 0.29) is 5.69 Å². The van der Waals surface area contributed by atoms with Crippen molar-refractivity contribution in [2.75, 3.05) is 5.32 Å². The Hall–Kier alpha value is -1.58. The van der Waals surface area contributed by atoms with E-state index in [9.17, 15) is 10.1 Å². The number of nitro benzene ring substituents is 1. The molecule has 1 radical (unpaired) electrons. The van der Waals surface area contributed by atoms with Crippen LogP contribution in [-0.4, -0.2) is 4.92 Å². The third-order valence-electron chi connectivity index (χ3n) is 1.61. The molecule has 0 saturated heterocycles. The Bertz CT molecular complexity index is 310. The molecule has 0 heterocycles. The van der Waals surface area contributed by atoms with E-state index in [2.05, 4.69) is 12.4 Å². The number of nitro groups is 1. The van der Waals surface area contributed by atoms with Crippen molar-refractivity contribution in [2.45, 2.75) is 6.92 Å². The highest BCUT2D eigenvalue weighted by Crippen LogP contribution is 2.20. The summed E-state index contributed by atoms with van der Waals surface area (Å²) in [5.74, 6) is 0. The van der Waals surface area contributed by atoms with Crippen LogP contribution in [0.2, 0.25) is 0 Å². The molecule has 0 aromatic heterocycles. The normalized spacial score (nSPS) is 9.50. The van der Waals surface area contributed by atoms with Gasteiger partial charge in [-0.1, -0.05) is 0 Å². The Morgan fingerprint density at radius 3 is 2.67 bits per heavy atom. The van der Waals surface area contributed by atoms with Crippen molar-refractivity contribution < 1.29 is 4.92 Å². The molecule has 4 nitrogen and oxygen atoms in total. The fourth-order valence-electron chi connectivity index (χ4n) is 0.960. The molecule has 1 rings (SSSR count). The molecule has 0 aliphatic heterocycles. The van der Waals surface area contributed by atoms with Gasteiger partial charge in [-0.25, -0.2) is 0 Å². The minimum absolute atomic E-state index is 0.103. The minimum atomic E-state index is -0.417. The highest BCUT2D eigenvalue weighted by molar-refractivity contribution is 5.55. The van der Waals surface area contributed by atoms with E-state index < -0.39 is 4.92 Å². The number of hydrogen-bond donors (Lipinski definition) is 1. The molecule has 12 heavy (non-hydrogen) atoms. The summed E-state index contributed by atoms with van der Waals surface area (Å²) in [5, 5.41) is 13.0. The first-order valence-electron chi connectivity index (χ1n) is 3.43. The summed E-state index contributed by atoms with van der Waals surface area (Å²) in [6.07, 6.45) is 0. The fourth-order valence-corrected chi connectivity index (χ4v) is 0.960. The highest BCUT2D eigenvalue weighted by Gasteiger charge is 2.06. The van der Waals surface area contributed by atoms with E-state index in [0.29, 0.717) is 0 Å². The molecule has 1 N–H and O–H groups in total. The van der Waals surface area contributed by atoms with Crippen molar-refractivity contribution in [3.63, 3.8) is 0 Å². The largest absolute Gasteiger partial charge is 0.383 e. The van der Waals surface area contributed by atoms with Crippen LogP contribution in [0.3, 0.4) is 0 Å². The molecule has 0 unspecified atom stereocenters. The van der Waals surface area contributed by atoms with Gasteiger partial charge in [-0.3, -0.25) is 10.1 Å². The van der Waals surface area contributed by atoms with Gasteiger partial charge in [-0.2, -0.15) is 0 Å². The number of aryl methyl sites for hydroxylation is 1. The van der Waals surface area contributed by atoms with Gasteiger partial charge < -0.3 is 5.32 Å². The van der Waals surface area contributed by atoms with Crippen LogP contribution in [0.1, 0.15) is 5.56 Å². The smallest absolute Gasteiger partial charge is 0.269 e. The van der Waals surface area contributed by atoms with E-state index >= 15 is 0 Å². The third-order valence-corrected chi connectivity index (χ3v) is 1.61. The van der Waals surface area contributed by atoms with Gasteiger partial charge in [0.1, 0.15) is 0 Å². The number of rotatable bonds is 2. The molecule has 0 aliphatic carbocycles. The monoisotopic (exact) mass is 165 g/mol. The summed E-state index contributed by atoms with van der Waals surface area (Å²) in [6, 6.07) is 4.59. The zero-order valence-electron chi connectivity index (χ0n) is 6.70. The van der Waals surface area contributed by atoms with Gasteiger partial charge in [0.15, 0.2) is 0 Å². The first-order chi connectivity index (χ1) is 5.65. The fraction of sp³-hybridized carbons (Fsp3) is 0.125. The molecule has 1 aromatic rings. The lowest BCUT2D eigenvalue weighted by Crippen LogP contribution is -1.92. The van der Waals surface area contributed by atoms with Gasteiger partial charge in [-0.05, 0) is 18.6 Å². The predicted octanol–water partition coefficient (Wildman–Crippen LogP) is 2.11. The van der Waals surface area contributed by atoms with Crippen LogP contribution in [0.5, 0.6) is 0 Å². The van der Waals surface area contributed by atoms with E-state index in [0.717, 1.165) is 11.3 Å². The van der Waals surface area contributed by atoms with Gasteiger partial charge in [0, 0.05) is 24.9 Å². The molecule has 0 fully saturated rings. The SMILES string of the molecule is [CH2]Nc1ccc([N+](=O)[O-])cc1C. The second kappa shape index (κ2) is 3.21. The van der Waals surface area contributed by atoms with Crippen LogP contribution in [0.15, 0.2) is 18.2 Å². The summed E-state index contributed by atoms with van der Waals surface area (Å²) in [6.45, 7) is 1.79. The highest BCUT2D eigenvalue weighted by atomic mass is 16.6. The van der Waals surface area contributed by atoms with Crippen LogP contribution in [0.4, 0.5) is 11.4 Å². The van der Waals surface area contributed by atoms with E-state index in [1.807, 2.05) is 0 Å². The Labute approximate surface area is 70.4 Å². The first kappa shape index (κ1) is 8.52. The van der Waals surface area contributed by atoms with Crippen LogP contribution < -0.4 is 5.32 Å². The lowest BCUT2D eigenvalue weighted by atomic mass is 10.2. The topological polar surface area (TPSA) is 55.2 Å². The molecule has 4 heteroatoms. The quantitative estimate of drug-likeness (QED) is 0.539. The maximum Gasteiger partial charge on any atom is 0.269 e. The van der Waals surface area contributed by atoms with Crippen LogP contribution >= 0.6 is 0 Å². The zero-order chi connectivity index (χ0) is 9.14. The van der Waals surface area contributed by atoms with Crippen molar-refractivity contribution in [3.05, 3.63) is 40.9 Å². The molecule has 0 saturated carbocycles. The number of anilines is 1. The van der Waals surface area contributed by atoms with Gasteiger partial charge in [0.25, 0.3) is 5.69 Å². The molecule has 0 spiro atoms. The van der Waals surface area contributed by atoms with Crippen molar-refractivity contribution in [1.82, 2.24) is 0 Å². The summed E-state index contributed by atoms with van der Waals surface area (Å²) < 4.78 is 0. The molecule has 0 aliphatic rings. The first-order valence-corrected chi connectivity index (χ1v) is 3.43. The number of benzene rings is 1. The van der Waals surface area contributed by atoms with E-state index in [1.54, 1.807) is 13.0 Å². The van der Waals surface area contributed by atoms with Crippen molar-refractivity contribution >= 4 is 11.4 Å². The Morgan fingerprint density at radius 1 is 1.58 bits per heavy atom. The lowest BCUT2D eigenvalue weighted by molar-refractivity contribution is -0.384. The van der Waals surface area contributed by atoms with Crippen LogP contribution in [-0.2, 0) is 0 Å². The van der Waals surface area contributed by atoms with Crippen LogP contribution in [0.25, 0.3) is 0 Å². The summed E-state index contributed by atoms with van der Waals surface area (Å²) in [7, 11) is 3.47. The Kier molecular flexibility index (Phi) is 2.28. The molecule has 1 aromatic carbocycles. The second-order valence-electron chi connectivity index (χ2n) is 2.43. The Balaban J connectivity index is 3.10. The van der Waals surface area contributed by atoms with E-state index in [4.69, 9.17) is 0 Å². The summed E-state index contributed by atoms with van der Waals surface area (Å²) in [5.41, 5.74) is 1.73. The molecule has 0 atom stereocenters. The number of nitrogens with zero attached hydrogens (tertiary/aromatic N) is 1. The average Bonchev–Trinajstić information content (AvgIpc) is 2.04. The standard InChI is InChI=1S/C8H9N2O2/c1-6-5-7(10(11)12)3-4-8(6)9-2/h3-5,9H,2H2,1H3.